The Kier molecular flexibility index (Phi) is 10.8. The number of rotatable bonds is 12. The molecule has 0 spiro atoms. The van der Waals surface area contributed by atoms with Gasteiger partial charge in [-0.05, 0) is 67.8 Å². The van der Waals surface area contributed by atoms with E-state index in [9.17, 15) is 9.59 Å². The second kappa shape index (κ2) is 14.0. The van der Waals surface area contributed by atoms with E-state index in [1.54, 1.807) is 29.2 Å². The lowest BCUT2D eigenvalue weighted by Gasteiger charge is -2.32. The zero-order valence-corrected chi connectivity index (χ0v) is 23.0. The van der Waals surface area contributed by atoms with Crippen molar-refractivity contribution in [1.29, 1.82) is 0 Å². The van der Waals surface area contributed by atoms with Gasteiger partial charge in [0.15, 0.2) is 0 Å². The number of carbonyl (C=O) groups excluding carboxylic acids is 2. The molecular formula is C29H32BrClN2O3. The third-order valence-electron chi connectivity index (χ3n) is 5.59. The van der Waals surface area contributed by atoms with Crippen LogP contribution in [0.3, 0.4) is 0 Å². The van der Waals surface area contributed by atoms with Crippen molar-refractivity contribution in [3.63, 3.8) is 0 Å². The molecular weight excluding hydrogens is 540 g/mol. The largest absolute Gasteiger partial charge is 0.494 e. The molecule has 0 saturated heterocycles. The topological polar surface area (TPSA) is 58.6 Å². The number of hydrogen-bond acceptors (Lipinski definition) is 3. The van der Waals surface area contributed by atoms with Gasteiger partial charge in [-0.3, -0.25) is 9.59 Å². The molecule has 3 aromatic rings. The normalized spacial score (nSPS) is 11.7. The first-order chi connectivity index (χ1) is 17.3. The molecule has 190 valence electrons. The quantitative estimate of drug-likeness (QED) is 0.255. The molecule has 0 fully saturated rings. The number of carbonyl (C=O) groups is 2. The Bertz CT molecular complexity index is 1110. The molecule has 1 N–H and O–H groups in total. The van der Waals surface area contributed by atoms with Gasteiger partial charge in [0.1, 0.15) is 11.8 Å². The van der Waals surface area contributed by atoms with E-state index in [2.05, 4.69) is 21.2 Å². The SMILES string of the molecule is CC(C)NC(=O)C(Cc1ccccc1)N(Cc1ccc(Br)cc1)C(=O)CCCOc1ccc(Cl)cc1. The Morgan fingerprint density at radius 1 is 0.944 bits per heavy atom. The van der Waals surface area contributed by atoms with Crippen molar-refractivity contribution in [3.8, 4) is 5.75 Å². The molecule has 7 heteroatoms. The van der Waals surface area contributed by atoms with Gasteiger partial charge in [0.2, 0.25) is 11.8 Å². The van der Waals surface area contributed by atoms with Crippen molar-refractivity contribution in [2.45, 2.75) is 51.7 Å². The first-order valence-corrected chi connectivity index (χ1v) is 13.3. The zero-order valence-electron chi connectivity index (χ0n) is 20.6. The Morgan fingerprint density at radius 2 is 1.61 bits per heavy atom. The summed E-state index contributed by atoms with van der Waals surface area (Å²) >= 11 is 9.39. The molecule has 1 unspecified atom stereocenters. The van der Waals surface area contributed by atoms with Gasteiger partial charge >= 0.3 is 0 Å². The van der Waals surface area contributed by atoms with E-state index in [0.717, 1.165) is 15.6 Å². The van der Waals surface area contributed by atoms with Crippen LogP contribution in [0.5, 0.6) is 5.75 Å². The van der Waals surface area contributed by atoms with Crippen LogP contribution < -0.4 is 10.1 Å². The second-order valence-electron chi connectivity index (χ2n) is 8.92. The smallest absolute Gasteiger partial charge is 0.243 e. The Balaban J connectivity index is 1.77. The van der Waals surface area contributed by atoms with Crippen molar-refractivity contribution in [3.05, 3.63) is 99.5 Å². The van der Waals surface area contributed by atoms with Crippen LogP contribution in [0.4, 0.5) is 0 Å². The van der Waals surface area contributed by atoms with E-state index in [0.29, 0.717) is 36.8 Å². The summed E-state index contributed by atoms with van der Waals surface area (Å²) in [5.74, 6) is 0.464. The number of hydrogen-bond donors (Lipinski definition) is 1. The lowest BCUT2D eigenvalue weighted by molar-refractivity contribution is -0.141. The Labute approximate surface area is 226 Å². The first kappa shape index (κ1) is 27.8. The first-order valence-electron chi connectivity index (χ1n) is 12.1. The molecule has 0 aromatic heterocycles. The van der Waals surface area contributed by atoms with Gasteiger partial charge in [-0.25, -0.2) is 0 Å². The highest BCUT2D eigenvalue weighted by atomic mass is 79.9. The third kappa shape index (κ3) is 8.99. The fourth-order valence-electron chi connectivity index (χ4n) is 3.81. The average Bonchev–Trinajstić information content (AvgIpc) is 2.86. The lowest BCUT2D eigenvalue weighted by Crippen LogP contribution is -2.51. The van der Waals surface area contributed by atoms with Gasteiger partial charge < -0.3 is 15.0 Å². The van der Waals surface area contributed by atoms with E-state index < -0.39 is 6.04 Å². The fraction of sp³-hybridized carbons (Fsp3) is 0.310. The second-order valence-corrected chi connectivity index (χ2v) is 10.3. The molecule has 3 aromatic carbocycles. The number of amides is 2. The van der Waals surface area contributed by atoms with Crippen LogP contribution in [0.2, 0.25) is 5.02 Å². The van der Waals surface area contributed by atoms with Gasteiger partial charge in [-0.1, -0.05) is 70.0 Å². The number of nitrogens with one attached hydrogen (secondary N) is 1. The van der Waals surface area contributed by atoms with E-state index >= 15 is 0 Å². The van der Waals surface area contributed by atoms with Crippen LogP contribution in [0, 0.1) is 0 Å². The average molecular weight is 572 g/mol. The molecule has 0 saturated carbocycles. The number of halogens is 2. The number of ether oxygens (including phenoxy) is 1. The monoisotopic (exact) mass is 570 g/mol. The highest BCUT2D eigenvalue weighted by Crippen LogP contribution is 2.19. The molecule has 5 nitrogen and oxygen atoms in total. The molecule has 0 radical (unpaired) electrons. The summed E-state index contributed by atoms with van der Waals surface area (Å²) in [5.41, 5.74) is 1.96. The maximum Gasteiger partial charge on any atom is 0.243 e. The van der Waals surface area contributed by atoms with Crippen LogP contribution in [-0.2, 0) is 22.6 Å². The van der Waals surface area contributed by atoms with Gasteiger partial charge in [-0.15, -0.1) is 0 Å². The molecule has 1 atom stereocenters. The van der Waals surface area contributed by atoms with Gasteiger partial charge in [0.25, 0.3) is 0 Å². The predicted molar refractivity (Wildman–Crippen MR) is 148 cm³/mol. The standard InChI is InChI=1S/C29H32BrClN2O3/c1-21(2)32-29(35)27(19-22-7-4-3-5-8-22)33(20-23-10-12-24(30)13-11-23)28(34)9-6-18-36-26-16-14-25(31)15-17-26/h3-5,7-8,10-17,21,27H,6,9,18-20H2,1-2H3,(H,32,35). The van der Waals surface area contributed by atoms with Crippen LogP contribution in [0.1, 0.15) is 37.8 Å². The molecule has 36 heavy (non-hydrogen) atoms. The summed E-state index contributed by atoms with van der Waals surface area (Å²) in [6, 6.07) is 24.1. The van der Waals surface area contributed by atoms with E-state index in [4.69, 9.17) is 16.3 Å². The summed E-state index contributed by atoms with van der Waals surface area (Å²) in [5, 5.41) is 3.65. The summed E-state index contributed by atoms with van der Waals surface area (Å²) in [6.07, 6.45) is 1.23. The molecule has 0 bridgehead atoms. The summed E-state index contributed by atoms with van der Waals surface area (Å²) in [7, 11) is 0. The molecule has 3 rings (SSSR count). The predicted octanol–water partition coefficient (Wildman–Crippen LogP) is 6.43. The van der Waals surface area contributed by atoms with E-state index in [1.165, 1.54) is 0 Å². The zero-order chi connectivity index (χ0) is 25.9. The van der Waals surface area contributed by atoms with Crippen molar-refractivity contribution < 1.29 is 14.3 Å². The number of benzene rings is 3. The van der Waals surface area contributed by atoms with Crippen LogP contribution in [0.25, 0.3) is 0 Å². The third-order valence-corrected chi connectivity index (χ3v) is 6.37. The highest BCUT2D eigenvalue weighted by Gasteiger charge is 2.30. The Morgan fingerprint density at radius 3 is 2.25 bits per heavy atom. The van der Waals surface area contributed by atoms with Crippen molar-refractivity contribution >= 4 is 39.3 Å². The van der Waals surface area contributed by atoms with Crippen molar-refractivity contribution in [1.82, 2.24) is 10.2 Å². The van der Waals surface area contributed by atoms with Crippen molar-refractivity contribution in [2.24, 2.45) is 0 Å². The molecule has 0 aliphatic heterocycles. The number of nitrogens with zero attached hydrogens (tertiary/aromatic N) is 1. The summed E-state index contributed by atoms with van der Waals surface area (Å²) in [6.45, 7) is 4.58. The van der Waals surface area contributed by atoms with Gasteiger partial charge in [-0.2, -0.15) is 0 Å². The summed E-state index contributed by atoms with van der Waals surface area (Å²) in [4.78, 5) is 28.6. The summed E-state index contributed by atoms with van der Waals surface area (Å²) < 4.78 is 6.72. The molecule has 2 amide bonds. The van der Waals surface area contributed by atoms with Gasteiger partial charge in [0.05, 0.1) is 6.61 Å². The van der Waals surface area contributed by atoms with Crippen LogP contribution >= 0.6 is 27.5 Å². The minimum Gasteiger partial charge on any atom is -0.494 e. The van der Waals surface area contributed by atoms with E-state index in [1.807, 2.05) is 68.4 Å². The minimum absolute atomic E-state index is 0.0341. The molecule has 0 aliphatic rings. The molecule has 0 aliphatic carbocycles. The lowest BCUT2D eigenvalue weighted by atomic mass is 10.0. The highest BCUT2D eigenvalue weighted by molar-refractivity contribution is 9.10. The maximum atomic E-state index is 13.6. The van der Waals surface area contributed by atoms with Crippen LogP contribution in [0.15, 0.2) is 83.3 Å². The molecule has 0 heterocycles. The maximum absolute atomic E-state index is 13.6. The Hall–Kier alpha value is -2.83. The van der Waals surface area contributed by atoms with Crippen molar-refractivity contribution in [2.75, 3.05) is 6.61 Å². The minimum atomic E-state index is -0.636. The van der Waals surface area contributed by atoms with Crippen LogP contribution in [-0.4, -0.2) is 35.4 Å². The van der Waals surface area contributed by atoms with Gasteiger partial charge in [0, 0.05) is 34.9 Å². The fourth-order valence-corrected chi connectivity index (χ4v) is 4.20. The van der Waals surface area contributed by atoms with E-state index in [-0.39, 0.29) is 24.3 Å².